The summed E-state index contributed by atoms with van der Waals surface area (Å²) in [7, 11) is 3.10. The van der Waals surface area contributed by atoms with Crippen molar-refractivity contribution >= 4 is 23.7 Å². The molecule has 3 aromatic carbocycles. The van der Waals surface area contributed by atoms with Gasteiger partial charge >= 0.3 is 0 Å². The number of para-hydroxylation sites is 1. The number of carbonyl (C=O) groups is 2. The Morgan fingerprint density at radius 2 is 1.58 bits per heavy atom. The standard InChI is InChI=1S/C24H23N3O4/c1-16-8-11-18(12-9-16)23(28)26-20-7-5-4-6-19(20)24(29)27-25-15-17-10-13-21(30-2)22(14-17)31-3/h4-15H,1-3H3,(H,26,28)(H,27,29)/b25-15-. The molecule has 31 heavy (non-hydrogen) atoms. The Balaban J connectivity index is 1.70. The highest BCUT2D eigenvalue weighted by molar-refractivity contribution is 6.09. The van der Waals surface area contributed by atoms with E-state index in [1.54, 1.807) is 68.8 Å². The molecule has 0 spiro atoms. The molecule has 7 nitrogen and oxygen atoms in total. The van der Waals surface area contributed by atoms with Crippen molar-refractivity contribution in [2.45, 2.75) is 6.92 Å². The number of benzene rings is 3. The average molecular weight is 417 g/mol. The summed E-state index contributed by atoms with van der Waals surface area (Å²) in [6, 6.07) is 19.2. The van der Waals surface area contributed by atoms with Crippen molar-refractivity contribution in [3.63, 3.8) is 0 Å². The van der Waals surface area contributed by atoms with E-state index in [1.165, 1.54) is 6.21 Å². The van der Waals surface area contributed by atoms with Crippen LogP contribution in [-0.4, -0.2) is 32.2 Å². The minimum atomic E-state index is -0.448. The van der Waals surface area contributed by atoms with Crippen LogP contribution in [0.1, 0.15) is 31.8 Å². The van der Waals surface area contributed by atoms with E-state index in [4.69, 9.17) is 9.47 Å². The Kier molecular flexibility index (Phi) is 7.01. The van der Waals surface area contributed by atoms with E-state index in [9.17, 15) is 9.59 Å². The van der Waals surface area contributed by atoms with Gasteiger partial charge in [0.05, 0.1) is 31.7 Å². The number of nitrogens with zero attached hydrogens (tertiary/aromatic N) is 1. The average Bonchev–Trinajstić information content (AvgIpc) is 2.79. The zero-order valence-corrected chi connectivity index (χ0v) is 17.5. The van der Waals surface area contributed by atoms with Crippen LogP contribution >= 0.6 is 0 Å². The molecule has 158 valence electrons. The molecule has 2 N–H and O–H groups in total. The second-order valence-electron chi connectivity index (χ2n) is 6.68. The van der Waals surface area contributed by atoms with Crippen molar-refractivity contribution in [1.29, 1.82) is 0 Å². The highest BCUT2D eigenvalue weighted by atomic mass is 16.5. The van der Waals surface area contributed by atoms with E-state index >= 15 is 0 Å². The van der Waals surface area contributed by atoms with Crippen LogP contribution in [0.4, 0.5) is 5.69 Å². The molecule has 7 heteroatoms. The lowest BCUT2D eigenvalue weighted by atomic mass is 10.1. The number of ether oxygens (including phenoxy) is 2. The van der Waals surface area contributed by atoms with E-state index in [2.05, 4.69) is 15.8 Å². The van der Waals surface area contributed by atoms with Crippen molar-refractivity contribution in [2.24, 2.45) is 5.10 Å². The second-order valence-corrected chi connectivity index (χ2v) is 6.68. The zero-order valence-electron chi connectivity index (χ0n) is 17.5. The SMILES string of the molecule is COc1ccc(/C=N\NC(=O)c2ccccc2NC(=O)c2ccc(C)cc2)cc1OC. The lowest BCUT2D eigenvalue weighted by Crippen LogP contribution is -2.21. The largest absolute Gasteiger partial charge is 0.493 e. The number of amides is 2. The van der Waals surface area contributed by atoms with E-state index in [1.807, 2.05) is 19.1 Å². The maximum absolute atomic E-state index is 12.6. The maximum atomic E-state index is 12.6. The third-order valence-corrected chi connectivity index (χ3v) is 4.52. The summed E-state index contributed by atoms with van der Waals surface area (Å²) in [6.45, 7) is 1.95. The number of carbonyl (C=O) groups excluding carboxylic acids is 2. The molecule has 0 fully saturated rings. The van der Waals surface area contributed by atoms with Crippen LogP contribution in [0.3, 0.4) is 0 Å². The van der Waals surface area contributed by atoms with Gasteiger partial charge in [0.25, 0.3) is 11.8 Å². The van der Waals surface area contributed by atoms with Gasteiger partial charge in [0.1, 0.15) is 0 Å². The van der Waals surface area contributed by atoms with Gasteiger partial charge in [0, 0.05) is 5.56 Å². The first kappa shape index (κ1) is 21.6. The summed E-state index contributed by atoms with van der Waals surface area (Å²) in [4.78, 5) is 25.1. The van der Waals surface area contributed by atoms with Crippen LogP contribution in [-0.2, 0) is 0 Å². The van der Waals surface area contributed by atoms with Crippen molar-refractivity contribution in [1.82, 2.24) is 5.43 Å². The summed E-state index contributed by atoms with van der Waals surface area (Å²) >= 11 is 0. The summed E-state index contributed by atoms with van der Waals surface area (Å²) in [6.07, 6.45) is 1.49. The van der Waals surface area contributed by atoms with Crippen LogP contribution in [0.5, 0.6) is 11.5 Å². The fourth-order valence-electron chi connectivity index (χ4n) is 2.85. The van der Waals surface area contributed by atoms with Gasteiger partial charge in [-0.25, -0.2) is 5.43 Å². The van der Waals surface area contributed by atoms with Crippen LogP contribution in [0, 0.1) is 6.92 Å². The molecular weight excluding hydrogens is 394 g/mol. The Morgan fingerprint density at radius 3 is 2.29 bits per heavy atom. The third kappa shape index (κ3) is 5.48. The number of rotatable bonds is 7. The molecule has 0 atom stereocenters. The predicted molar refractivity (Wildman–Crippen MR) is 120 cm³/mol. The van der Waals surface area contributed by atoms with Crippen LogP contribution in [0.25, 0.3) is 0 Å². The number of methoxy groups -OCH3 is 2. The fourth-order valence-corrected chi connectivity index (χ4v) is 2.85. The second kappa shape index (κ2) is 10.1. The molecule has 0 heterocycles. The van der Waals surface area contributed by atoms with Gasteiger partial charge in [0.15, 0.2) is 11.5 Å². The first-order valence-electron chi connectivity index (χ1n) is 9.54. The number of hydrazone groups is 1. The molecule has 0 bridgehead atoms. The molecule has 0 aliphatic heterocycles. The van der Waals surface area contributed by atoms with Crippen LogP contribution in [0.2, 0.25) is 0 Å². The van der Waals surface area contributed by atoms with Crippen molar-refractivity contribution in [2.75, 3.05) is 19.5 Å². The Hall–Kier alpha value is -4.13. The summed E-state index contributed by atoms with van der Waals surface area (Å²) in [5.74, 6) is 0.412. The first-order chi connectivity index (χ1) is 15.0. The minimum Gasteiger partial charge on any atom is -0.493 e. The Morgan fingerprint density at radius 1 is 0.871 bits per heavy atom. The van der Waals surface area contributed by atoms with E-state index in [0.717, 1.165) is 11.1 Å². The number of nitrogens with one attached hydrogen (secondary N) is 2. The Labute approximate surface area is 180 Å². The lowest BCUT2D eigenvalue weighted by Gasteiger charge is -2.10. The van der Waals surface area contributed by atoms with Gasteiger partial charge in [-0.15, -0.1) is 0 Å². The van der Waals surface area contributed by atoms with E-state index < -0.39 is 5.91 Å². The molecule has 0 aliphatic carbocycles. The van der Waals surface area contributed by atoms with Crippen LogP contribution in [0.15, 0.2) is 71.8 Å². The van der Waals surface area contributed by atoms with Crippen molar-refractivity contribution in [3.8, 4) is 11.5 Å². The molecule has 0 aromatic heterocycles. The normalized spacial score (nSPS) is 10.5. The summed E-state index contributed by atoms with van der Waals surface area (Å²) < 4.78 is 10.5. The summed E-state index contributed by atoms with van der Waals surface area (Å²) in [5, 5.41) is 6.78. The molecule has 2 amide bonds. The monoisotopic (exact) mass is 417 g/mol. The third-order valence-electron chi connectivity index (χ3n) is 4.52. The molecular formula is C24H23N3O4. The molecule has 3 aromatic rings. The van der Waals surface area contributed by atoms with Crippen molar-refractivity contribution in [3.05, 3.63) is 89.0 Å². The summed E-state index contributed by atoms with van der Waals surface area (Å²) in [5.41, 5.74) is 5.46. The van der Waals surface area contributed by atoms with Gasteiger partial charge in [-0.05, 0) is 55.0 Å². The van der Waals surface area contributed by atoms with Gasteiger partial charge in [-0.1, -0.05) is 29.8 Å². The molecule has 0 saturated heterocycles. The first-order valence-corrected chi connectivity index (χ1v) is 9.54. The fraction of sp³-hybridized carbons (Fsp3) is 0.125. The van der Waals surface area contributed by atoms with E-state index in [0.29, 0.717) is 28.3 Å². The Bertz CT molecular complexity index is 1110. The van der Waals surface area contributed by atoms with Crippen LogP contribution < -0.4 is 20.2 Å². The topological polar surface area (TPSA) is 89.0 Å². The highest BCUT2D eigenvalue weighted by Crippen LogP contribution is 2.26. The van der Waals surface area contributed by atoms with Gasteiger partial charge < -0.3 is 14.8 Å². The van der Waals surface area contributed by atoms with Gasteiger partial charge in [0.2, 0.25) is 0 Å². The molecule has 0 radical (unpaired) electrons. The van der Waals surface area contributed by atoms with Gasteiger partial charge in [-0.3, -0.25) is 9.59 Å². The lowest BCUT2D eigenvalue weighted by molar-refractivity contribution is 0.0956. The quantitative estimate of drug-likeness (QED) is 0.449. The molecule has 0 unspecified atom stereocenters. The molecule has 3 rings (SSSR count). The van der Waals surface area contributed by atoms with Gasteiger partial charge in [-0.2, -0.15) is 5.10 Å². The number of aryl methyl sites for hydroxylation is 1. The molecule has 0 aliphatic rings. The smallest absolute Gasteiger partial charge is 0.273 e. The maximum Gasteiger partial charge on any atom is 0.273 e. The molecule has 0 saturated carbocycles. The van der Waals surface area contributed by atoms with E-state index in [-0.39, 0.29) is 5.91 Å². The minimum absolute atomic E-state index is 0.297. The predicted octanol–water partition coefficient (Wildman–Crippen LogP) is 4.03. The zero-order chi connectivity index (χ0) is 22.2. The highest BCUT2D eigenvalue weighted by Gasteiger charge is 2.13. The van der Waals surface area contributed by atoms with Crippen molar-refractivity contribution < 1.29 is 19.1 Å². The number of hydrogen-bond acceptors (Lipinski definition) is 5. The number of hydrogen-bond donors (Lipinski definition) is 2. The number of anilines is 1.